The number of hydrogen-bond acceptors (Lipinski definition) is 9. The van der Waals surface area contributed by atoms with Crippen molar-refractivity contribution in [3.8, 4) is 11.5 Å². The first-order valence-corrected chi connectivity index (χ1v) is 20.9. The first-order valence-electron chi connectivity index (χ1n) is 20.9. The largest absolute Gasteiger partial charge is 0.494 e. The van der Waals surface area contributed by atoms with Gasteiger partial charge in [0.05, 0.1) is 32.0 Å². The molecule has 2 aromatic rings. The molecule has 0 N–H and O–H groups in total. The molecule has 0 saturated heterocycles. The highest BCUT2D eigenvalue weighted by Crippen LogP contribution is 2.38. The molecule has 304 valence electrons. The number of esters is 4. The summed E-state index contributed by atoms with van der Waals surface area (Å²) in [7, 11) is 0. The molecule has 55 heavy (non-hydrogen) atoms. The van der Waals surface area contributed by atoms with Crippen LogP contribution in [0.15, 0.2) is 60.7 Å². The lowest BCUT2D eigenvalue weighted by atomic mass is 9.77. The predicted octanol–water partition coefficient (Wildman–Crippen LogP) is 11.0. The SMILES string of the molecule is C=C(C)C(=O)OCCCCCC(=O)OCCCCCC(=O)OCCCCCCOc1ccc(C(=O)Oc2ccc(C3CCC(CCCCC)CC3)cc2)cc1. The number of hydrogen-bond donors (Lipinski definition) is 0. The first-order chi connectivity index (χ1) is 26.7. The predicted molar refractivity (Wildman–Crippen MR) is 215 cm³/mol. The Hall–Kier alpha value is -4.14. The van der Waals surface area contributed by atoms with E-state index < -0.39 is 0 Å². The normalized spacial score (nSPS) is 15.2. The van der Waals surface area contributed by atoms with Crippen LogP contribution in [0.1, 0.15) is 164 Å². The molecule has 0 amide bonds. The average Bonchev–Trinajstić information content (AvgIpc) is 3.19. The summed E-state index contributed by atoms with van der Waals surface area (Å²) in [4.78, 5) is 47.9. The van der Waals surface area contributed by atoms with Crippen molar-refractivity contribution in [2.45, 2.75) is 148 Å². The van der Waals surface area contributed by atoms with Gasteiger partial charge in [-0.2, -0.15) is 0 Å². The molecule has 3 rings (SSSR count). The Morgan fingerprint density at radius 3 is 1.69 bits per heavy atom. The van der Waals surface area contributed by atoms with Gasteiger partial charge >= 0.3 is 23.9 Å². The lowest BCUT2D eigenvalue weighted by Crippen LogP contribution is -2.13. The minimum Gasteiger partial charge on any atom is -0.494 e. The van der Waals surface area contributed by atoms with Gasteiger partial charge < -0.3 is 23.7 Å². The average molecular weight is 763 g/mol. The van der Waals surface area contributed by atoms with E-state index in [1.54, 1.807) is 31.2 Å². The second-order valence-electron chi connectivity index (χ2n) is 14.9. The summed E-state index contributed by atoms with van der Waals surface area (Å²) in [5.74, 6) is 1.57. The maximum Gasteiger partial charge on any atom is 0.343 e. The molecule has 9 heteroatoms. The summed E-state index contributed by atoms with van der Waals surface area (Å²) in [5.41, 5.74) is 2.20. The molecule has 1 saturated carbocycles. The monoisotopic (exact) mass is 762 g/mol. The Bertz CT molecular complexity index is 1410. The molecule has 1 fully saturated rings. The number of carbonyl (C=O) groups excluding carboxylic acids is 4. The fourth-order valence-electron chi connectivity index (χ4n) is 6.78. The molecule has 0 heterocycles. The lowest BCUT2D eigenvalue weighted by molar-refractivity contribution is -0.145. The maximum absolute atomic E-state index is 12.7. The molecular formula is C46H66O9. The van der Waals surface area contributed by atoms with Gasteiger partial charge in [-0.1, -0.05) is 51.3 Å². The number of benzene rings is 2. The molecule has 0 aromatic heterocycles. The van der Waals surface area contributed by atoms with E-state index in [4.69, 9.17) is 23.7 Å². The number of carbonyl (C=O) groups is 4. The van der Waals surface area contributed by atoms with Gasteiger partial charge in [0.2, 0.25) is 0 Å². The fourth-order valence-corrected chi connectivity index (χ4v) is 6.78. The zero-order chi connectivity index (χ0) is 39.5. The summed E-state index contributed by atoms with van der Waals surface area (Å²) < 4.78 is 27.1. The summed E-state index contributed by atoms with van der Waals surface area (Å²) in [5, 5.41) is 0. The van der Waals surface area contributed by atoms with E-state index in [0.29, 0.717) is 93.5 Å². The van der Waals surface area contributed by atoms with Crippen LogP contribution in [0, 0.1) is 5.92 Å². The van der Waals surface area contributed by atoms with Crippen LogP contribution in [-0.2, 0) is 28.6 Å². The van der Waals surface area contributed by atoms with Gasteiger partial charge in [0.1, 0.15) is 11.5 Å². The van der Waals surface area contributed by atoms with Crippen molar-refractivity contribution in [1.82, 2.24) is 0 Å². The number of ether oxygens (including phenoxy) is 5. The highest BCUT2D eigenvalue weighted by atomic mass is 16.5. The van der Waals surface area contributed by atoms with E-state index in [9.17, 15) is 19.2 Å². The van der Waals surface area contributed by atoms with Crippen LogP contribution in [0.4, 0.5) is 0 Å². The smallest absolute Gasteiger partial charge is 0.343 e. The van der Waals surface area contributed by atoms with Gasteiger partial charge in [0.25, 0.3) is 0 Å². The third-order valence-corrected chi connectivity index (χ3v) is 10.2. The Labute approximate surface area is 329 Å². The van der Waals surface area contributed by atoms with Crippen molar-refractivity contribution in [1.29, 1.82) is 0 Å². The van der Waals surface area contributed by atoms with Crippen LogP contribution in [0.5, 0.6) is 11.5 Å². The van der Waals surface area contributed by atoms with Crippen molar-refractivity contribution < 1.29 is 42.9 Å². The summed E-state index contributed by atoms with van der Waals surface area (Å²) >= 11 is 0. The van der Waals surface area contributed by atoms with Crippen LogP contribution in [0.25, 0.3) is 0 Å². The third kappa shape index (κ3) is 19.8. The molecule has 0 radical (unpaired) electrons. The highest BCUT2D eigenvalue weighted by Gasteiger charge is 2.22. The standard InChI is InChI=1S/C46H66O9/c1-4-5-10-17-37-20-22-38(23-21-37)39-24-30-42(31-25-39)55-46(50)40-26-28-41(29-27-40)51-32-13-6-7-14-33-52-43(47)18-11-8-15-34-53-44(48)19-12-9-16-35-54-45(49)36(2)3/h24-31,37-38H,2,4-23,32-35H2,1,3H3. The summed E-state index contributed by atoms with van der Waals surface area (Å²) in [6.45, 7) is 9.07. The summed E-state index contributed by atoms with van der Waals surface area (Å²) in [6, 6.07) is 15.1. The molecule has 1 aliphatic carbocycles. The highest BCUT2D eigenvalue weighted by molar-refractivity contribution is 5.91. The van der Waals surface area contributed by atoms with E-state index in [0.717, 1.165) is 44.4 Å². The summed E-state index contributed by atoms with van der Waals surface area (Å²) in [6.07, 6.45) is 19.2. The minimum atomic E-state index is -0.388. The Kier molecular flexibility index (Phi) is 22.6. The topological polar surface area (TPSA) is 114 Å². The molecule has 0 spiro atoms. The van der Waals surface area contributed by atoms with Gasteiger partial charge in [0.15, 0.2) is 0 Å². The van der Waals surface area contributed by atoms with Gasteiger partial charge in [-0.25, -0.2) is 9.59 Å². The van der Waals surface area contributed by atoms with E-state index in [-0.39, 0.29) is 23.9 Å². The van der Waals surface area contributed by atoms with Crippen molar-refractivity contribution in [2.75, 3.05) is 26.4 Å². The van der Waals surface area contributed by atoms with Crippen LogP contribution < -0.4 is 9.47 Å². The maximum atomic E-state index is 12.7. The molecule has 0 atom stereocenters. The van der Waals surface area contributed by atoms with Crippen LogP contribution in [0.3, 0.4) is 0 Å². The van der Waals surface area contributed by atoms with Crippen LogP contribution in [-0.4, -0.2) is 50.3 Å². The second kappa shape index (κ2) is 27.4. The second-order valence-corrected chi connectivity index (χ2v) is 14.9. The Morgan fingerprint density at radius 1 is 0.600 bits per heavy atom. The van der Waals surface area contributed by atoms with E-state index in [1.807, 2.05) is 12.1 Å². The molecule has 0 aliphatic heterocycles. The molecule has 9 nitrogen and oxygen atoms in total. The van der Waals surface area contributed by atoms with Crippen LogP contribution >= 0.6 is 0 Å². The molecule has 0 bridgehead atoms. The minimum absolute atomic E-state index is 0.194. The van der Waals surface area contributed by atoms with Gasteiger partial charge in [-0.05, 0) is 151 Å². The zero-order valence-electron chi connectivity index (χ0n) is 33.6. The zero-order valence-corrected chi connectivity index (χ0v) is 33.6. The lowest BCUT2D eigenvalue weighted by Gasteiger charge is -2.29. The van der Waals surface area contributed by atoms with Gasteiger partial charge in [-0.15, -0.1) is 0 Å². The first kappa shape index (κ1) is 45.3. The Morgan fingerprint density at radius 2 is 1.13 bits per heavy atom. The van der Waals surface area contributed by atoms with E-state index >= 15 is 0 Å². The van der Waals surface area contributed by atoms with E-state index in [1.165, 1.54) is 56.9 Å². The van der Waals surface area contributed by atoms with E-state index in [2.05, 4.69) is 25.6 Å². The van der Waals surface area contributed by atoms with Crippen LogP contribution in [0.2, 0.25) is 0 Å². The fraction of sp³-hybridized carbons (Fsp3) is 0.609. The third-order valence-electron chi connectivity index (χ3n) is 10.2. The number of rotatable bonds is 28. The molecular weight excluding hydrogens is 696 g/mol. The van der Waals surface area contributed by atoms with Crippen molar-refractivity contribution in [3.63, 3.8) is 0 Å². The molecule has 0 unspecified atom stereocenters. The number of unbranched alkanes of at least 4 members (excludes halogenated alkanes) is 9. The molecule has 2 aromatic carbocycles. The van der Waals surface area contributed by atoms with Gasteiger partial charge in [0, 0.05) is 18.4 Å². The Balaban J connectivity index is 1.13. The van der Waals surface area contributed by atoms with Crippen molar-refractivity contribution in [3.05, 3.63) is 71.8 Å². The van der Waals surface area contributed by atoms with Crippen molar-refractivity contribution in [2.24, 2.45) is 5.92 Å². The quantitative estimate of drug-likeness (QED) is 0.0275. The van der Waals surface area contributed by atoms with Crippen molar-refractivity contribution >= 4 is 23.9 Å². The molecule has 1 aliphatic rings. The van der Waals surface area contributed by atoms with Gasteiger partial charge in [-0.3, -0.25) is 9.59 Å².